The first-order valence-corrected chi connectivity index (χ1v) is 6.14. The Morgan fingerprint density at radius 2 is 1.94 bits per heavy atom. The fraction of sp³-hybridized carbons (Fsp3) is 0.538. The van der Waals surface area contributed by atoms with E-state index in [1.54, 1.807) is 6.07 Å². The minimum absolute atomic E-state index is 0.123. The maximum Gasteiger partial charge on any atom is 0.123 e. The van der Waals surface area contributed by atoms with Crippen molar-refractivity contribution in [2.75, 3.05) is 7.05 Å². The van der Waals surface area contributed by atoms with E-state index in [-0.39, 0.29) is 11.9 Å². The molecule has 0 bridgehead atoms. The summed E-state index contributed by atoms with van der Waals surface area (Å²) in [4.78, 5) is 0. The van der Waals surface area contributed by atoms with Crippen LogP contribution in [0.3, 0.4) is 0 Å². The van der Waals surface area contributed by atoms with E-state index in [4.69, 9.17) is 11.6 Å². The molecule has 1 aromatic carbocycles. The number of rotatable bonds is 5. The highest BCUT2D eigenvalue weighted by atomic mass is 35.5. The minimum atomic E-state index is -0.231. The molecule has 1 N–H and O–H groups in total. The van der Waals surface area contributed by atoms with Crippen molar-refractivity contribution in [3.05, 3.63) is 34.6 Å². The quantitative estimate of drug-likeness (QED) is 0.818. The predicted molar refractivity (Wildman–Crippen MR) is 67.3 cm³/mol. The Labute approximate surface area is 102 Å². The Kier molecular flexibility index (Phi) is 5.23. The zero-order chi connectivity index (χ0) is 12.1. The van der Waals surface area contributed by atoms with Crippen LogP contribution in [0.4, 0.5) is 4.39 Å². The van der Waals surface area contributed by atoms with Crippen LogP contribution in [0.1, 0.15) is 38.3 Å². The van der Waals surface area contributed by atoms with Gasteiger partial charge in [-0.25, -0.2) is 4.39 Å². The van der Waals surface area contributed by atoms with Gasteiger partial charge in [-0.2, -0.15) is 0 Å². The first kappa shape index (κ1) is 13.5. The second-order valence-electron chi connectivity index (χ2n) is 4.01. The first-order valence-electron chi connectivity index (χ1n) is 5.76. The molecular formula is C13H19ClFN. The van der Waals surface area contributed by atoms with Crippen molar-refractivity contribution in [3.8, 4) is 0 Å². The zero-order valence-corrected chi connectivity index (χ0v) is 10.8. The molecule has 90 valence electrons. The molecule has 0 aromatic heterocycles. The normalized spacial score (nSPS) is 13.1. The monoisotopic (exact) mass is 243 g/mol. The molecule has 1 nitrogen and oxygen atoms in total. The van der Waals surface area contributed by atoms with Gasteiger partial charge in [0.2, 0.25) is 0 Å². The minimum Gasteiger partial charge on any atom is -0.313 e. The molecule has 16 heavy (non-hydrogen) atoms. The predicted octanol–water partition coefficient (Wildman–Crippen LogP) is 4.18. The summed E-state index contributed by atoms with van der Waals surface area (Å²) in [5.41, 5.74) is 0.859. The molecule has 3 heteroatoms. The Balaban J connectivity index is 3.06. The van der Waals surface area contributed by atoms with Crippen molar-refractivity contribution >= 4 is 11.6 Å². The number of hydrogen-bond donors (Lipinski definition) is 1. The van der Waals surface area contributed by atoms with Crippen molar-refractivity contribution in [1.82, 2.24) is 5.32 Å². The van der Waals surface area contributed by atoms with Crippen LogP contribution < -0.4 is 5.32 Å². The lowest BCUT2D eigenvalue weighted by Crippen LogP contribution is -2.25. The van der Waals surface area contributed by atoms with Gasteiger partial charge in [-0.3, -0.25) is 0 Å². The molecule has 0 radical (unpaired) electrons. The van der Waals surface area contributed by atoms with Gasteiger partial charge in [-0.05, 0) is 36.7 Å². The summed E-state index contributed by atoms with van der Waals surface area (Å²) < 4.78 is 13.2. The number of hydrogen-bond acceptors (Lipinski definition) is 1. The average Bonchev–Trinajstić information content (AvgIpc) is 2.29. The molecule has 0 spiro atoms. The van der Waals surface area contributed by atoms with Crippen molar-refractivity contribution in [1.29, 1.82) is 0 Å². The van der Waals surface area contributed by atoms with Crippen LogP contribution in [0.2, 0.25) is 5.02 Å². The van der Waals surface area contributed by atoms with Gasteiger partial charge in [-0.15, -0.1) is 0 Å². The van der Waals surface area contributed by atoms with Crippen molar-refractivity contribution in [2.45, 2.75) is 32.7 Å². The largest absolute Gasteiger partial charge is 0.313 e. The fourth-order valence-electron chi connectivity index (χ4n) is 2.16. The number of benzene rings is 1. The molecule has 0 aliphatic heterocycles. The summed E-state index contributed by atoms with van der Waals surface area (Å²) in [7, 11) is 1.89. The molecule has 0 saturated carbocycles. The van der Waals surface area contributed by atoms with Gasteiger partial charge in [0.15, 0.2) is 0 Å². The number of halogens is 2. The second-order valence-corrected chi connectivity index (χ2v) is 4.42. The maximum absolute atomic E-state index is 13.2. The molecule has 1 atom stereocenters. The van der Waals surface area contributed by atoms with Gasteiger partial charge in [-0.1, -0.05) is 38.3 Å². The molecule has 0 aliphatic carbocycles. The van der Waals surface area contributed by atoms with Gasteiger partial charge in [0, 0.05) is 11.1 Å². The summed E-state index contributed by atoms with van der Waals surface area (Å²) in [6.07, 6.45) is 2.10. The molecule has 1 rings (SSSR count). The molecule has 0 amide bonds. The SMILES string of the molecule is CCC(CC)C(NC)c1cc(F)ccc1Cl. The van der Waals surface area contributed by atoms with Gasteiger partial charge < -0.3 is 5.32 Å². The zero-order valence-electron chi connectivity index (χ0n) is 10.1. The van der Waals surface area contributed by atoms with E-state index in [2.05, 4.69) is 19.2 Å². The van der Waals surface area contributed by atoms with E-state index in [0.717, 1.165) is 18.4 Å². The first-order chi connectivity index (χ1) is 7.63. The van der Waals surface area contributed by atoms with Crippen LogP contribution in [-0.2, 0) is 0 Å². The third kappa shape index (κ3) is 2.96. The highest BCUT2D eigenvalue weighted by Gasteiger charge is 2.21. The molecule has 1 unspecified atom stereocenters. The van der Waals surface area contributed by atoms with Crippen molar-refractivity contribution in [2.24, 2.45) is 5.92 Å². The van der Waals surface area contributed by atoms with Crippen LogP contribution in [-0.4, -0.2) is 7.05 Å². The van der Waals surface area contributed by atoms with E-state index in [0.29, 0.717) is 10.9 Å². The standard InChI is InChI=1S/C13H19ClFN/c1-4-9(5-2)13(16-3)11-8-10(15)6-7-12(11)14/h6-9,13,16H,4-5H2,1-3H3. The summed E-state index contributed by atoms with van der Waals surface area (Å²) in [6, 6.07) is 4.67. The van der Waals surface area contributed by atoms with E-state index in [1.165, 1.54) is 12.1 Å². The fourth-order valence-corrected chi connectivity index (χ4v) is 2.39. The third-order valence-corrected chi connectivity index (χ3v) is 3.47. The molecule has 0 fully saturated rings. The van der Waals surface area contributed by atoms with Crippen LogP contribution >= 0.6 is 11.6 Å². The van der Waals surface area contributed by atoms with E-state index < -0.39 is 0 Å². The van der Waals surface area contributed by atoms with Crippen molar-refractivity contribution in [3.63, 3.8) is 0 Å². The van der Waals surface area contributed by atoms with Crippen LogP contribution in [0.25, 0.3) is 0 Å². The number of nitrogens with one attached hydrogen (secondary N) is 1. The average molecular weight is 244 g/mol. The third-order valence-electron chi connectivity index (χ3n) is 3.12. The van der Waals surface area contributed by atoms with E-state index >= 15 is 0 Å². The van der Waals surface area contributed by atoms with Crippen LogP contribution in [0.5, 0.6) is 0 Å². The molecule has 1 aromatic rings. The Hall–Kier alpha value is -0.600. The lowest BCUT2D eigenvalue weighted by atomic mass is 9.89. The molecule has 0 aliphatic rings. The Morgan fingerprint density at radius 1 is 1.31 bits per heavy atom. The molecule has 0 heterocycles. The molecular weight excluding hydrogens is 225 g/mol. The van der Waals surface area contributed by atoms with Crippen LogP contribution in [0, 0.1) is 11.7 Å². The molecule has 0 saturated heterocycles. The smallest absolute Gasteiger partial charge is 0.123 e. The highest BCUT2D eigenvalue weighted by molar-refractivity contribution is 6.31. The lowest BCUT2D eigenvalue weighted by molar-refractivity contribution is 0.359. The second kappa shape index (κ2) is 6.21. The summed E-state index contributed by atoms with van der Waals surface area (Å²) in [5, 5.41) is 3.87. The maximum atomic E-state index is 13.2. The highest BCUT2D eigenvalue weighted by Crippen LogP contribution is 2.32. The van der Waals surface area contributed by atoms with Gasteiger partial charge in [0.25, 0.3) is 0 Å². The summed E-state index contributed by atoms with van der Waals surface area (Å²) in [5.74, 6) is 0.245. The van der Waals surface area contributed by atoms with E-state index in [9.17, 15) is 4.39 Å². The van der Waals surface area contributed by atoms with Crippen molar-refractivity contribution < 1.29 is 4.39 Å². The van der Waals surface area contributed by atoms with Gasteiger partial charge in [0.05, 0.1) is 0 Å². The van der Waals surface area contributed by atoms with Crippen LogP contribution in [0.15, 0.2) is 18.2 Å². The van der Waals surface area contributed by atoms with E-state index in [1.807, 2.05) is 7.05 Å². The van der Waals surface area contributed by atoms with Gasteiger partial charge in [0.1, 0.15) is 5.82 Å². The summed E-state index contributed by atoms with van der Waals surface area (Å²) >= 11 is 6.12. The Bertz CT molecular complexity index is 337. The van der Waals surface area contributed by atoms with Gasteiger partial charge >= 0.3 is 0 Å². The summed E-state index contributed by atoms with van der Waals surface area (Å²) in [6.45, 7) is 4.29. The topological polar surface area (TPSA) is 12.0 Å². The lowest BCUT2D eigenvalue weighted by Gasteiger charge is -2.26. The Morgan fingerprint density at radius 3 is 2.44 bits per heavy atom.